The summed E-state index contributed by atoms with van der Waals surface area (Å²) >= 11 is 3.24. The highest BCUT2D eigenvalue weighted by Crippen LogP contribution is 2.28. The maximum absolute atomic E-state index is 12.1. The summed E-state index contributed by atoms with van der Waals surface area (Å²) in [7, 11) is -2.20. The first-order chi connectivity index (χ1) is 8.92. The van der Waals surface area contributed by atoms with Gasteiger partial charge in [-0.3, -0.25) is 4.72 Å². The first kappa shape index (κ1) is 13.9. The summed E-state index contributed by atoms with van der Waals surface area (Å²) in [6.45, 7) is 1.68. The van der Waals surface area contributed by atoms with Crippen LogP contribution < -0.4 is 9.46 Å². The molecule has 0 atom stereocenters. The van der Waals surface area contributed by atoms with E-state index in [2.05, 4.69) is 25.8 Å². The highest BCUT2D eigenvalue weighted by Gasteiger charge is 2.17. The summed E-state index contributed by atoms with van der Waals surface area (Å²) in [5.74, 6) is 1.22. The van der Waals surface area contributed by atoms with Gasteiger partial charge < -0.3 is 9.26 Å². The number of rotatable bonds is 4. The Morgan fingerprint density at radius 1 is 1.37 bits per heavy atom. The largest absolute Gasteiger partial charge is 0.496 e. The van der Waals surface area contributed by atoms with Crippen molar-refractivity contribution >= 4 is 31.8 Å². The average molecular weight is 347 g/mol. The zero-order valence-electron chi connectivity index (χ0n) is 10.2. The van der Waals surface area contributed by atoms with Crippen LogP contribution in [0.25, 0.3) is 0 Å². The van der Waals surface area contributed by atoms with Crippen LogP contribution in [0.15, 0.2) is 38.2 Å². The van der Waals surface area contributed by atoms with Crippen LogP contribution in [-0.2, 0) is 10.0 Å². The Labute approximate surface area is 118 Å². The van der Waals surface area contributed by atoms with Crippen molar-refractivity contribution < 1.29 is 17.7 Å². The lowest BCUT2D eigenvalue weighted by Crippen LogP contribution is -2.13. The molecule has 1 heterocycles. The molecule has 0 unspecified atom stereocenters. The molecule has 0 bridgehead atoms. The van der Waals surface area contributed by atoms with Crippen molar-refractivity contribution in [2.45, 2.75) is 11.8 Å². The zero-order chi connectivity index (χ0) is 14.0. The van der Waals surface area contributed by atoms with Gasteiger partial charge >= 0.3 is 0 Å². The first-order valence-electron chi connectivity index (χ1n) is 5.22. The quantitative estimate of drug-likeness (QED) is 0.919. The molecule has 2 rings (SSSR count). The fourth-order valence-corrected chi connectivity index (χ4v) is 3.13. The van der Waals surface area contributed by atoms with E-state index in [-0.39, 0.29) is 10.7 Å². The van der Waals surface area contributed by atoms with E-state index in [0.29, 0.717) is 16.0 Å². The number of anilines is 1. The van der Waals surface area contributed by atoms with Crippen LogP contribution in [-0.4, -0.2) is 20.7 Å². The highest BCUT2D eigenvalue weighted by atomic mass is 79.9. The summed E-state index contributed by atoms with van der Waals surface area (Å²) in [6, 6.07) is 5.95. The molecular weight excluding hydrogens is 336 g/mol. The minimum Gasteiger partial charge on any atom is -0.496 e. The molecule has 19 heavy (non-hydrogen) atoms. The zero-order valence-corrected chi connectivity index (χ0v) is 12.6. The molecular formula is C11H11BrN2O4S. The molecule has 1 aromatic heterocycles. The van der Waals surface area contributed by atoms with Crippen LogP contribution >= 0.6 is 15.9 Å². The third-order valence-electron chi connectivity index (χ3n) is 2.30. The second-order valence-electron chi connectivity index (χ2n) is 3.72. The van der Waals surface area contributed by atoms with Crippen LogP contribution in [0.2, 0.25) is 0 Å². The van der Waals surface area contributed by atoms with Gasteiger partial charge in [0.25, 0.3) is 10.0 Å². The van der Waals surface area contributed by atoms with Crippen molar-refractivity contribution in [2.75, 3.05) is 11.8 Å². The maximum Gasteiger partial charge on any atom is 0.263 e. The van der Waals surface area contributed by atoms with E-state index in [1.165, 1.54) is 25.3 Å². The van der Waals surface area contributed by atoms with Gasteiger partial charge in [-0.15, -0.1) is 0 Å². The maximum atomic E-state index is 12.1. The van der Waals surface area contributed by atoms with Crippen molar-refractivity contribution in [2.24, 2.45) is 0 Å². The van der Waals surface area contributed by atoms with E-state index >= 15 is 0 Å². The molecule has 6 nitrogen and oxygen atoms in total. The van der Waals surface area contributed by atoms with E-state index in [1.807, 2.05) is 0 Å². The predicted octanol–water partition coefficient (Wildman–Crippen LogP) is 2.55. The van der Waals surface area contributed by atoms with Gasteiger partial charge in [-0.2, -0.15) is 0 Å². The second kappa shape index (κ2) is 5.22. The molecule has 0 aliphatic carbocycles. The lowest BCUT2D eigenvalue weighted by atomic mass is 10.3. The lowest BCUT2D eigenvalue weighted by Gasteiger charge is -2.07. The Morgan fingerprint density at radius 2 is 2.11 bits per heavy atom. The average Bonchev–Trinajstić information content (AvgIpc) is 2.73. The standard InChI is InChI=1S/C11H11BrN2O4S/c1-7-5-11(13-18-7)14-19(15,16)8-3-4-10(17-2)9(12)6-8/h3-6H,1-2H3,(H,13,14). The van der Waals surface area contributed by atoms with Crippen LogP contribution in [0, 0.1) is 6.92 Å². The molecule has 0 spiro atoms. The van der Waals surface area contributed by atoms with Gasteiger partial charge in [0.2, 0.25) is 0 Å². The molecule has 1 aromatic carbocycles. The molecule has 0 amide bonds. The van der Waals surface area contributed by atoms with Gasteiger partial charge in [0.05, 0.1) is 16.5 Å². The van der Waals surface area contributed by atoms with E-state index in [4.69, 9.17) is 9.26 Å². The van der Waals surface area contributed by atoms with Crippen molar-refractivity contribution in [1.82, 2.24) is 5.16 Å². The van der Waals surface area contributed by atoms with Crippen LogP contribution in [0.3, 0.4) is 0 Å². The number of halogens is 1. The number of methoxy groups -OCH3 is 1. The molecule has 0 fully saturated rings. The lowest BCUT2D eigenvalue weighted by molar-refractivity contribution is 0.400. The normalized spacial score (nSPS) is 11.3. The fraction of sp³-hybridized carbons (Fsp3) is 0.182. The number of nitrogens with one attached hydrogen (secondary N) is 1. The topological polar surface area (TPSA) is 81.4 Å². The van der Waals surface area contributed by atoms with Crippen molar-refractivity contribution in [3.05, 3.63) is 34.5 Å². The third kappa shape index (κ3) is 3.07. The Morgan fingerprint density at radius 3 is 2.63 bits per heavy atom. The second-order valence-corrected chi connectivity index (χ2v) is 6.26. The number of aromatic nitrogens is 1. The highest BCUT2D eigenvalue weighted by molar-refractivity contribution is 9.10. The monoisotopic (exact) mass is 346 g/mol. The molecule has 8 heteroatoms. The summed E-state index contributed by atoms with van der Waals surface area (Å²) in [5, 5.41) is 3.58. The number of sulfonamides is 1. The van der Waals surface area contributed by atoms with Crippen LogP contribution in [0.1, 0.15) is 5.76 Å². The van der Waals surface area contributed by atoms with E-state index in [9.17, 15) is 8.42 Å². The Kier molecular flexibility index (Phi) is 3.81. The van der Waals surface area contributed by atoms with Crippen molar-refractivity contribution in [3.8, 4) is 5.75 Å². The van der Waals surface area contributed by atoms with Gasteiger partial charge in [0, 0.05) is 6.07 Å². The molecule has 2 aromatic rings. The first-order valence-corrected chi connectivity index (χ1v) is 7.49. The van der Waals surface area contributed by atoms with Gasteiger partial charge in [-0.05, 0) is 41.1 Å². The summed E-state index contributed by atoms with van der Waals surface area (Å²) in [4.78, 5) is 0.0980. The van der Waals surface area contributed by atoms with Gasteiger partial charge in [0.15, 0.2) is 5.82 Å². The van der Waals surface area contributed by atoms with Crippen molar-refractivity contribution in [3.63, 3.8) is 0 Å². The molecule has 0 aliphatic heterocycles. The molecule has 0 radical (unpaired) electrons. The van der Waals surface area contributed by atoms with Crippen LogP contribution in [0.5, 0.6) is 5.75 Å². The number of benzene rings is 1. The molecule has 102 valence electrons. The van der Waals surface area contributed by atoms with Gasteiger partial charge in [-0.25, -0.2) is 8.42 Å². The minimum atomic E-state index is -3.71. The summed E-state index contributed by atoms with van der Waals surface area (Å²) < 4.78 is 36.9. The van der Waals surface area contributed by atoms with Gasteiger partial charge in [0.1, 0.15) is 11.5 Å². The van der Waals surface area contributed by atoms with Crippen LogP contribution in [0.4, 0.5) is 5.82 Å². The summed E-state index contributed by atoms with van der Waals surface area (Å²) in [6.07, 6.45) is 0. The Balaban J connectivity index is 2.31. The smallest absolute Gasteiger partial charge is 0.263 e. The third-order valence-corrected chi connectivity index (χ3v) is 4.27. The minimum absolute atomic E-state index is 0.0980. The van der Waals surface area contributed by atoms with E-state index in [1.54, 1.807) is 13.0 Å². The molecule has 1 N–H and O–H groups in total. The number of nitrogens with zero attached hydrogens (tertiary/aromatic N) is 1. The van der Waals surface area contributed by atoms with E-state index < -0.39 is 10.0 Å². The number of aryl methyl sites for hydroxylation is 1. The predicted molar refractivity (Wildman–Crippen MR) is 72.7 cm³/mol. The summed E-state index contributed by atoms with van der Waals surface area (Å²) in [5.41, 5.74) is 0. The molecule has 0 saturated heterocycles. The SMILES string of the molecule is COc1ccc(S(=O)(=O)Nc2cc(C)on2)cc1Br. The Bertz CT molecular complexity index is 696. The number of ether oxygens (including phenoxy) is 1. The molecule has 0 aliphatic rings. The van der Waals surface area contributed by atoms with Gasteiger partial charge in [-0.1, -0.05) is 5.16 Å². The molecule has 0 saturated carbocycles. The fourth-order valence-electron chi connectivity index (χ4n) is 1.43. The number of hydrogen-bond acceptors (Lipinski definition) is 5. The van der Waals surface area contributed by atoms with E-state index in [0.717, 1.165) is 0 Å². The Hall–Kier alpha value is -1.54. The number of hydrogen-bond donors (Lipinski definition) is 1. The van der Waals surface area contributed by atoms with Crippen molar-refractivity contribution in [1.29, 1.82) is 0 Å².